The molecule has 1 aromatic rings. The molecule has 90 valence electrons. The lowest BCUT2D eigenvalue weighted by molar-refractivity contribution is -0.117. The third-order valence-corrected chi connectivity index (χ3v) is 1.89. The number of anilines is 1. The summed E-state index contributed by atoms with van der Waals surface area (Å²) in [6.45, 7) is 2.48. The minimum Gasteiger partial charge on any atom is -0.466 e. The van der Waals surface area contributed by atoms with Crippen molar-refractivity contribution in [2.75, 3.05) is 26.1 Å². The molecule has 0 aliphatic carbocycles. The lowest BCUT2D eigenvalue weighted by Crippen LogP contribution is -2.18. The molecule has 1 heterocycles. The van der Waals surface area contributed by atoms with Gasteiger partial charge in [0.15, 0.2) is 0 Å². The average molecular weight is 228 g/mol. The molecule has 1 rings (SSSR count). The van der Waals surface area contributed by atoms with Crippen molar-refractivity contribution in [1.82, 2.24) is 15.2 Å². The van der Waals surface area contributed by atoms with Gasteiger partial charge in [0.25, 0.3) is 0 Å². The number of nitrogens with one attached hydrogen (secondary N) is 2. The van der Waals surface area contributed by atoms with Crippen molar-refractivity contribution in [1.29, 1.82) is 0 Å². The van der Waals surface area contributed by atoms with Gasteiger partial charge in [-0.2, -0.15) is 4.98 Å². The van der Waals surface area contributed by atoms with Crippen LogP contribution in [0.3, 0.4) is 0 Å². The molecule has 16 heavy (non-hydrogen) atoms. The first kappa shape index (κ1) is 12.4. The van der Waals surface area contributed by atoms with Crippen molar-refractivity contribution >= 4 is 11.9 Å². The van der Waals surface area contributed by atoms with Gasteiger partial charge in [0.2, 0.25) is 11.9 Å². The van der Waals surface area contributed by atoms with E-state index in [-0.39, 0.29) is 23.8 Å². The number of hydrogen-bond donors (Lipinski definition) is 2. The van der Waals surface area contributed by atoms with E-state index in [1.807, 2.05) is 6.92 Å². The van der Waals surface area contributed by atoms with E-state index in [0.29, 0.717) is 13.0 Å². The predicted octanol–water partition coefficient (Wildman–Crippen LogP) is 0.424. The van der Waals surface area contributed by atoms with Gasteiger partial charge in [0, 0.05) is 20.1 Å². The lowest BCUT2D eigenvalue weighted by atomic mass is 10.1. The molecule has 0 saturated heterocycles. The van der Waals surface area contributed by atoms with Crippen molar-refractivity contribution in [3.05, 3.63) is 0 Å². The van der Waals surface area contributed by atoms with E-state index in [0.717, 1.165) is 0 Å². The van der Waals surface area contributed by atoms with Gasteiger partial charge in [-0.1, -0.05) is 6.92 Å². The summed E-state index contributed by atoms with van der Waals surface area (Å²) in [5.74, 6) is 0.310. The Bertz CT molecular complexity index is 339. The summed E-state index contributed by atoms with van der Waals surface area (Å²) in [6, 6.07) is 0.195. The highest BCUT2D eigenvalue weighted by Gasteiger charge is 2.11. The largest absolute Gasteiger partial charge is 0.466 e. The number of amides is 1. The molecule has 0 fully saturated rings. The molecule has 0 saturated carbocycles. The lowest BCUT2D eigenvalue weighted by Gasteiger charge is -2.08. The van der Waals surface area contributed by atoms with Crippen LogP contribution in [0.25, 0.3) is 0 Å². The first-order valence-electron chi connectivity index (χ1n) is 4.91. The maximum Gasteiger partial charge on any atom is 0.336 e. The Balaban J connectivity index is 2.39. The Labute approximate surface area is 93.5 Å². The van der Waals surface area contributed by atoms with E-state index >= 15 is 0 Å². The van der Waals surface area contributed by atoms with Crippen molar-refractivity contribution in [2.45, 2.75) is 13.3 Å². The zero-order valence-corrected chi connectivity index (χ0v) is 9.61. The number of ether oxygens (including phenoxy) is 2. The number of hydrogen-bond acceptors (Lipinski definition) is 5. The SMILES string of the molecule is COCC(C)CC(=O)Nc1nc(OC)n[nH]1. The third kappa shape index (κ3) is 3.85. The maximum absolute atomic E-state index is 11.5. The Kier molecular flexibility index (Phi) is 4.71. The number of aromatic nitrogens is 3. The van der Waals surface area contributed by atoms with Gasteiger partial charge in [0.1, 0.15) is 0 Å². The quantitative estimate of drug-likeness (QED) is 0.736. The Morgan fingerprint density at radius 3 is 2.88 bits per heavy atom. The molecule has 0 aliphatic heterocycles. The summed E-state index contributed by atoms with van der Waals surface area (Å²) in [5.41, 5.74) is 0. The number of methoxy groups -OCH3 is 2. The van der Waals surface area contributed by atoms with Gasteiger partial charge >= 0.3 is 6.01 Å². The summed E-state index contributed by atoms with van der Waals surface area (Å²) in [5, 5.41) is 8.83. The van der Waals surface area contributed by atoms with Crippen LogP contribution in [0.15, 0.2) is 0 Å². The molecule has 0 aliphatic rings. The maximum atomic E-state index is 11.5. The molecule has 2 N–H and O–H groups in total. The van der Waals surface area contributed by atoms with Crippen LogP contribution in [0.1, 0.15) is 13.3 Å². The van der Waals surface area contributed by atoms with Crippen LogP contribution in [-0.2, 0) is 9.53 Å². The second-order valence-electron chi connectivity index (χ2n) is 3.48. The third-order valence-electron chi connectivity index (χ3n) is 1.89. The van der Waals surface area contributed by atoms with Gasteiger partial charge in [-0.25, -0.2) is 5.10 Å². The van der Waals surface area contributed by atoms with Crippen molar-refractivity contribution in [2.24, 2.45) is 5.92 Å². The zero-order chi connectivity index (χ0) is 12.0. The van der Waals surface area contributed by atoms with Crippen molar-refractivity contribution < 1.29 is 14.3 Å². The van der Waals surface area contributed by atoms with Gasteiger partial charge in [-0.05, 0) is 5.92 Å². The molecule has 0 bridgehead atoms. The van der Waals surface area contributed by atoms with Crippen LogP contribution in [0.4, 0.5) is 5.95 Å². The molecule has 7 nitrogen and oxygen atoms in total. The van der Waals surface area contributed by atoms with Gasteiger partial charge < -0.3 is 9.47 Å². The fourth-order valence-electron chi connectivity index (χ4n) is 1.24. The van der Waals surface area contributed by atoms with Crippen LogP contribution < -0.4 is 10.1 Å². The van der Waals surface area contributed by atoms with Crippen LogP contribution in [-0.4, -0.2) is 41.9 Å². The molecular weight excluding hydrogens is 212 g/mol. The Morgan fingerprint density at radius 1 is 1.56 bits per heavy atom. The molecule has 0 aromatic carbocycles. The summed E-state index contributed by atoms with van der Waals surface area (Å²) in [6.07, 6.45) is 0.372. The Hall–Kier alpha value is -1.63. The first-order chi connectivity index (χ1) is 7.65. The second-order valence-corrected chi connectivity index (χ2v) is 3.48. The average Bonchev–Trinajstić information content (AvgIpc) is 2.65. The van der Waals surface area contributed by atoms with E-state index in [2.05, 4.69) is 20.5 Å². The summed E-state index contributed by atoms with van der Waals surface area (Å²) in [7, 11) is 3.06. The smallest absolute Gasteiger partial charge is 0.336 e. The minimum atomic E-state index is -0.136. The van der Waals surface area contributed by atoms with E-state index in [1.165, 1.54) is 7.11 Å². The molecule has 1 aromatic heterocycles. The number of carbonyl (C=O) groups is 1. The predicted molar refractivity (Wildman–Crippen MR) is 57.2 cm³/mol. The van der Waals surface area contributed by atoms with Crippen LogP contribution in [0.2, 0.25) is 0 Å². The molecular formula is C9H16N4O3. The molecule has 0 radical (unpaired) electrons. The van der Waals surface area contributed by atoms with E-state index < -0.39 is 0 Å². The summed E-state index contributed by atoms with van der Waals surface area (Å²) in [4.78, 5) is 15.4. The van der Waals surface area contributed by atoms with Gasteiger partial charge in [-0.15, -0.1) is 5.10 Å². The van der Waals surface area contributed by atoms with E-state index in [9.17, 15) is 4.79 Å². The molecule has 1 unspecified atom stereocenters. The number of nitrogens with zero attached hydrogens (tertiary/aromatic N) is 2. The molecule has 1 amide bonds. The first-order valence-corrected chi connectivity index (χ1v) is 4.91. The normalized spacial score (nSPS) is 12.2. The zero-order valence-electron chi connectivity index (χ0n) is 9.61. The van der Waals surface area contributed by atoms with Crippen LogP contribution in [0.5, 0.6) is 6.01 Å². The fraction of sp³-hybridized carbons (Fsp3) is 0.667. The molecule has 0 spiro atoms. The van der Waals surface area contributed by atoms with Gasteiger partial charge in [-0.3, -0.25) is 10.1 Å². The van der Waals surface area contributed by atoms with E-state index in [4.69, 9.17) is 9.47 Å². The fourth-order valence-corrected chi connectivity index (χ4v) is 1.24. The van der Waals surface area contributed by atoms with E-state index in [1.54, 1.807) is 7.11 Å². The highest BCUT2D eigenvalue weighted by atomic mass is 16.5. The number of rotatable bonds is 6. The second kappa shape index (κ2) is 6.06. The van der Waals surface area contributed by atoms with Crippen molar-refractivity contribution in [3.8, 4) is 6.01 Å². The summed E-state index contributed by atoms with van der Waals surface area (Å²) >= 11 is 0. The van der Waals surface area contributed by atoms with Crippen LogP contribution >= 0.6 is 0 Å². The topological polar surface area (TPSA) is 89.1 Å². The Morgan fingerprint density at radius 2 is 2.31 bits per heavy atom. The number of aromatic amines is 1. The monoisotopic (exact) mass is 228 g/mol. The van der Waals surface area contributed by atoms with Gasteiger partial charge in [0.05, 0.1) is 7.11 Å². The standard InChI is InChI=1S/C9H16N4O3/c1-6(5-15-2)4-7(14)10-8-11-9(16-3)13-12-8/h6H,4-5H2,1-3H3,(H2,10,11,12,13,14). The molecule has 1 atom stereocenters. The number of H-pyrrole nitrogens is 1. The minimum absolute atomic E-state index is 0.136. The highest BCUT2D eigenvalue weighted by molar-refractivity contribution is 5.89. The van der Waals surface area contributed by atoms with Crippen LogP contribution in [0, 0.1) is 5.92 Å². The molecule has 7 heteroatoms. The highest BCUT2D eigenvalue weighted by Crippen LogP contribution is 2.07. The van der Waals surface area contributed by atoms with Crippen molar-refractivity contribution in [3.63, 3.8) is 0 Å². The number of carbonyl (C=O) groups excluding carboxylic acids is 1. The summed E-state index contributed by atoms with van der Waals surface area (Å²) < 4.78 is 9.71.